The first kappa shape index (κ1) is 27.2. The van der Waals surface area contributed by atoms with Gasteiger partial charge in [-0.3, -0.25) is 9.59 Å². The van der Waals surface area contributed by atoms with Crippen molar-refractivity contribution in [1.29, 1.82) is 0 Å². The molecule has 0 spiro atoms. The Bertz CT molecular complexity index is 1330. The Morgan fingerprint density at radius 3 is 2.64 bits per heavy atom. The van der Waals surface area contributed by atoms with Gasteiger partial charge < -0.3 is 36.5 Å². The maximum absolute atomic E-state index is 12.9. The molecule has 0 radical (unpaired) electrons. The van der Waals surface area contributed by atoms with E-state index in [1.807, 2.05) is 12.1 Å². The van der Waals surface area contributed by atoms with E-state index in [0.29, 0.717) is 17.4 Å². The molecule has 3 heterocycles. The number of aliphatic hydroxyl groups is 1. The Labute approximate surface area is 214 Å². The first-order chi connectivity index (χ1) is 16.6. The zero-order valence-electron chi connectivity index (χ0n) is 20.5. The standard InChI is InChI=1S/C24H31N7O4.ClH/c1-24(2,34)12-31-20(25)18(21(26)33)19(32)15-11-28-23(30-22(15)31)29-16-5-4-14(10-17(16)35-3)13-6-8-27-9-7-13;/h4-5,10-11,13,27,34H,6-9,12,25H2,1-3H3,(H2,26,33)(H,28,29,30);1H. The molecule has 0 atom stereocenters. The molecule has 7 N–H and O–H groups in total. The number of carbonyl (C=O) groups is 1. The smallest absolute Gasteiger partial charge is 0.256 e. The van der Waals surface area contributed by atoms with E-state index in [9.17, 15) is 14.7 Å². The summed E-state index contributed by atoms with van der Waals surface area (Å²) in [4.78, 5) is 33.6. The van der Waals surface area contributed by atoms with Crippen molar-refractivity contribution in [3.8, 4) is 5.75 Å². The van der Waals surface area contributed by atoms with Crippen molar-refractivity contribution in [2.75, 3.05) is 31.2 Å². The van der Waals surface area contributed by atoms with E-state index >= 15 is 0 Å². The van der Waals surface area contributed by atoms with Crippen LogP contribution in [0.25, 0.3) is 11.0 Å². The second kappa shape index (κ2) is 10.7. The van der Waals surface area contributed by atoms with Gasteiger partial charge in [0.15, 0.2) is 5.65 Å². The molecule has 1 aliphatic rings. The van der Waals surface area contributed by atoms with E-state index < -0.39 is 16.9 Å². The van der Waals surface area contributed by atoms with Gasteiger partial charge in [-0.05, 0) is 63.4 Å². The van der Waals surface area contributed by atoms with Crippen molar-refractivity contribution in [2.45, 2.75) is 44.8 Å². The summed E-state index contributed by atoms with van der Waals surface area (Å²) in [6.45, 7) is 5.11. The predicted octanol–water partition coefficient (Wildman–Crippen LogP) is 1.88. The maximum atomic E-state index is 12.9. The number of fused-ring (bicyclic) bond motifs is 1. The number of carbonyl (C=O) groups excluding carboxylic acids is 1. The second-order valence-corrected chi connectivity index (χ2v) is 9.39. The maximum Gasteiger partial charge on any atom is 0.256 e. The van der Waals surface area contributed by atoms with Gasteiger partial charge in [-0.2, -0.15) is 4.98 Å². The molecule has 1 saturated heterocycles. The van der Waals surface area contributed by atoms with Crippen LogP contribution < -0.4 is 32.3 Å². The molecule has 3 aromatic rings. The highest BCUT2D eigenvalue weighted by Gasteiger charge is 2.24. The van der Waals surface area contributed by atoms with Crippen molar-refractivity contribution in [3.63, 3.8) is 0 Å². The van der Waals surface area contributed by atoms with Crippen LogP contribution in [0.1, 0.15) is 48.5 Å². The Kier molecular flexibility index (Phi) is 8.07. The third-order valence-corrected chi connectivity index (χ3v) is 6.12. The van der Waals surface area contributed by atoms with Gasteiger partial charge in [-0.15, -0.1) is 12.4 Å². The Hall–Kier alpha value is -3.41. The monoisotopic (exact) mass is 517 g/mol. The number of hydrogen-bond acceptors (Lipinski definition) is 9. The predicted molar refractivity (Wildman–Crippen MR) is 141 cm³/mol. The zero-order chi connectivity index (χ0) is 25.3. The quantitative estimate of drug-likeness (QED) is 0.314. The third kappa shape index (κ3) is 5.53. The van der Waals surface area contributed by atoms with Gasteiger partial charge in [0.05, 0.1) is 30.3 Å². The molecule has 1 aromatic carbocycles. The van der Waals surface area contributed by atoms with Gasteiger partial charge in [0.2, 0.25) is 11.4 Å². The number of ether oxygens (including phenoxy) is 1. The molecule has 11 nitrogen and oxygen atoms in total. The molecule has 12 heteroatoms. The van der Waals surface area contributed by atoms with Crippen LogP contribution >= 0.6 is 12.4 Å². The summed E-state index contributed by atoms with van der Waals surface area (Å²) < 4.78 is 7.02. The highest BCUT2D eigenvalue weighted by molar-refractivity contribution is 6.00. The molecule has 194 valence electrons. The third-order valence-electron chi connectivity index (χ3n) is 6.12. The van der Waals surface area contributed by atoms with E-state index in [0.717, 1.165) is 25.9 Å². The summed E-state index contributed by atoms with van der Waals surface area (Å²) in [5.74, 6) is 0.183. The molecule has 0 saturated carbocycles. The number of rotatable bonds is 7. The summed E-state index contributed by atoms with van der Waals surface area (Å²) in [7, 11) is 1.60. The van der Waals surface area contributed by atoms with Crippen LogP contribution in [0.5, 0.6) is 5.75 Å². The van der Waals surface area contributed by atoms with E-state index in [1.165, 1.54) is 16.3 Å². The molecule has 1 fully saturated rings. The number of hydrogen-bond donors (Lipinski definition) is 5. The number of anilines is 3. The van der Waals surface area contributed by atoms with Crippen LogP contribution in [0, 0.1) is 0 Å². The topological polar surface area (TPSA) is 170 Å². The lowest BCUT2D eigenvalue weighted by Crippen LogP contribution is -2.33. The summed E-state index contributed by atoms with van der Waals surface area (Å²) in [5.41, 5.74) is 11.3. The number of nitrogens with two attached hydrogens (primary N) is 2. The highest BCUT2D eigenvalue weighted by Crippen LogP contribution is 2.33. The minimum absolute atomic E-state index is 0. The van der Waals surface area contributed by atoms with Gasteiger partial charge in [-0.1, -0.05) is 6.07 Å². The molecule has 36 heavy (non-hydrogen) atoms. The summed E-state index contributed by atoms with van der Waals surface area (Å²) in [6.07, 6.45) is 3.45. The molecular weight excluding hydrogens is 486 g/mol. The zero-order valence-corrected chi connectivity index (χ0v) is 21.3. The van der Waals surface area contributed by atoms with Crippen molar-refractivity contribution in [2.24, 2.45) is 5.73 Å². The SMILES string of the molecule is COc1cc(C2CCNCC2)ccc1Nc1ncc2c(=O)c(C(N)=O)c(N)n(CC(C)(C)O)c2n1.Cl. The lowest BCUT2D eigenvalue weighted by molar-refractivity contribution is 0.0629. The van der Waals surface area contributed by atoms with Gasteiger partial charge in [0, 0.05) is 6.20 Å². The number of primary amides is 1. The lowest BCUT2D eigenvalue weighted by atomic mass is 9.90. The number of amides is 1. The van der Waals surface area contributed by atoms with Crippen LogP contribution in [0.2, 0.25) is 0 Å². The lowest BCUT2D eigenvalue weighted by Gasteiger charge is -2.24. The first-order valence-corrected chi connectivity index (χ1v) is 11.5. The second-order valence-electron chi connectivity index (χ2n) is 9.39. The molecule has 0 bridgehead atoms. The van der Waals surface area contributed by atoms with Crippen LogP contribution in [0.4, 0.5) is 17.5 Å². The van der Waals surface area contributed by atoms with Crippen molar-refractivity contribution >= 4 is 46.8 Å². The Balaban J connectivity index is 0.00000361. The molecule has 1 amide bonds. The number of benzene rings is 1. The number of methoxy groups -OCH3 is 1. The molecule has 2 aromatic heterocycles. The minimum Gasteiger partial charge on any atom is -0.495 e. The van der Waals surface area contributed by atoms with E-state index in [2.05, 4.69) is 26.7 Å². The number of piperidine rings is 1. The van der Waals surface area contributed by atoms with Gasteiger partial charge in [0.1, 0.15) is 17.1 Å². The average Bonchev–Trinajstić information content (AvgIpc) is 2.82. The number of halogens is 1. The molecule has 0 unspecified atom stereocenters. The Morgan fingerprint density at radius 1 is 1.33 bits per heavy atom. The van der Waals surface area contributed by atoms with Crippen LogP contribution in [0.3, 0.4) is 0 Å². The number of pyridine rings is 1. The number of nitrogen functional groups attached to an aromatic ring is 1. The van der Waals surface area contributed by atoms with E-state index in [4.69, 9.17) is 16.2 Å². The molecule has 1 aliphatic heterocycles. The molecular formula is C24H32ClN7O4. The summed E-state index contributed by atoms with van der Waals surface area (Å²) in [5, 5.41) is 17.0. The van der Waals surface area contributed by atoms with Gasteiger partial charge in [0.25, 0.3) is 5.91 Å². The fraction of sp³-hybridized carbons (Fsp3) is 0.417. The minimum atomic E-state index is -1.21. The highest BCUT2D eigenvalue weighted by atomic mass is 35.5. The summed E-state index contributed by atoms with van der Waals surface area (Å²) >= 11 is 0. The van der Waals surface area contributed by atoms with Crippen LogP contribution in [-0.2, 0) is 6.54 Å². The normalized spacial score (nSPS) is 14.3. The molecule has 4 rings (SSSR count). The largest absolute Gasteiger partial charge is 0.495 e. The van der Waals surface area contributed by atoms with Crippen molar-refractivity contribution in [3.05, 3.63) is 45.7 Å². The van der Waals surface area contributed by atoms with Gasteiger partial charge in [-0.25, -0.2) is 4.98 Å². The summed E-state index contributed by atoms with van der Waals surface area (Å²) in [6, 6.07) is 5.99. The number of aromatic nitrogens is 3. The van der Waals surface area contributed by atoms with E-state index in [-0.39, 0.29) is 47.3 Å². The number of nitrogens with one attached hydrogen (secondary N) is 2. The first-order valence-electron chi connectivity index (χ1n) is 11.5. The fourth-order valence-corrected chi connectivity index (χ4v) is 4.42. The van der Waals surface area contributed by atoms with Crippen LogP contribution in [0.15, 0.2) is 29.2 Å². The van der Waals surface area contributed by atoms with E-state index in [1.54, 1.807) is 21.0 Å². The van der Waals surface area contributed by atoms with Crippen molar-refractivity contribution < 1.29 is 14.6 Å². The van der Waals surface area contributed by atoms with Crippen LogP contribution in [-0.4, -0.2) is 51.3 Å². The average molecular weight is 518 g/mol. The van der Waals surface area contributed by atoms with Gasteiger partial charge >= 0.3 is 0 Å². The molecule has 0 aliphatic carbocycles. The fourth-order valence-electron chi connectivity index (χ4n) is 4.42. The Morgan fingerprint density at radius 2 is 2.03 bits per heavy atom. The number of nitrogens with zero attached hydrogens (tertiary/aromatic N) is 3. The van der Waals surface area contributed by atoms with Crippen molar-refractivity contribution in [1.82, 2.24) is 19.9 Å².